The molecule has 0 aliphatic rings. The molecular weight excluding hydrogens is 433 g/mol. The summed E-state index contributed by atoms with van der Waals surface area (Å²) in [6.07, 6.45) is 3.76. The molecule has 0 aliphatic carbocycles. The van der Waals surface area contributed by atoms with Gasteiger partial charge in [0.15, 0.2) is 11.6 Å². The van der Waals surface area contributed by atoms with Crippen LogP contribution in [0.5, 0.6) is 5.75 Å². The Morgan fingerprint density at radius 2 is 1.82 bits per heavy atom. The van der Waals surface area contributed by atoms with Crippen molar-refractivity contribution in [2.75, 3.05) is 13.2 Å². The van der Waals surface area contributed by atoms with E-state index in [1.54, 1.807) is 24.5 Å². The number of H-pyrrole nitrogens is 1. The number of halogens is 1. The van der Waals surface area contributed by atoms with Gasteiger partial charge < -0.3 is 14.8 Å². The van der Waals surface area contributed by atoms with Gasteiger partial charge in [-0.1, -0.05) is 18.2 Å². The fourth-order valence-corrected chi connectivity index (χ4v) is 3.81. The van der Waals surface area contributed by atoms with Crippen molar-refractivity contribution < 1.29 is 14.2 Å². The van der Waals surface area contributed by atoms with Gasteiger partial charge in [0.1, 0.15) is 12.4 Å². The highest BCUT2D eigenvalue weighted by molar-refractivity contribution is 5.84. The first-order chi connectivity index (χ1) is 16.6. The Bertz CT molecular complexity index is 1470. The van der Waals surface area contributed by atoms with Crippen LogP contribution in [0, 0.1) is 12.7 Å². The highest BCUT2D eigenvalue weighted by Gasteiger charge is 2.17. The van der Waals surface area contributed by atoms with Gasteiger partial charge in [-0.15, -0.1) is 0 Å². The van der Waals surface area contributed by atoms with Crippen LogP contribution in [0.25, 0.3) is 33.7 Å². The maximum atomic E-state index is 14.1. The van der Waals surface area contributed by atoms with Crippen LogP contribution in [0.2, 0.25) is 0 Å². The van der Waals surface area contributed by atoms with Crippen LogP contribution in [0.1, 0.15) is 17.1 Å². The molecule has 5 rings (SSSR count). The standard InChI is InChI=1S/C26H22FN5O2/c1-16-3-2-4-21(30-16)26-25(18-6-8-20-22(15-18)29-10-9-28-20)31-24(32-26)14-17-5-7-19(27)23(13-17)34-12-11-33/h2-10,13,15,33H,11-12,14H2,1H3,(H,31,32). The molecule has 8 heteroatoms. The van der Waals surface area contributed by atoms with Crippen molar-refractivity contribution in [3.8, 4) is 28.4 Å². The number of aromatic amines is 1. The SMILES string of the molecule is Cc1cccc(-c2[nH]c(Cc3ccc(F)c(OCCO)c3)nc2-c2ccc3nccnc3c2)n1. The molecule has 170 valence electrons. The Hall–Kier alpha value is -4.17. The quantitative estimate of drug-likeness (QED) is 0.375. The predicted molar refractivity (Wildman–Crippen MR) is 127 cm³/mol. The van der Waals surface area contributed by atoms with Crippen molar-refractivity contribution in [3.05, 3.63) is 89.9 Å². The Morgan fingerprint density at radius 3 is 2.65 bits per heavy atom. The minimum absolute atomic E-state index is 0.0271. The topological polar surface area (TPSA) is 96.8 Å². The summed E-state index contributed by atoms with van der Waals surface area (Å²) in [6.45, 7) is 1.78. The number of rotatable bonds is 7. The molecule has 0 bridgehead atoms. The predicted octanol–water partition coefficient (Wildman–Crippen LogP) is 4.49. The number of fused-ring (bicyclic) bond motifs is 1. The van der Waals surface area contributed by atoms with Gasteiger partial charge in [0.05, 0.1) is 34.7 Å². The Morgan fingerprint density at radius 1 is 0.971 bits per heavy atom. The molecule has 34 heavy (non-hydrogen) atoms. The summed E-state index contributed by atoms with van der Waals surface area (Å²) >= 11 is 0. The van der Waals surface area contributed by atoms with E-state index in [1.165, 1.54) is 6.07 Å². The van der Waals surface area contributed by atoms with Gasteiger partial charge in [0, 0.05) is 30.1 Å². The second-order valence-corrected chi connectivity index (χ2v) is 7.84. The van der Waals surface area contributed by atoms with E-state index in [0.29, 0.717) is 12.2 Å². The molecule has 0 fully saturated rings. The number of nitrogens with zero attached hydrogens (tertiary/aromatic N) is 4. The van der Waals surface area contributed by atoms with Crippen LogP contribution < -0.4 is 4.74 Å². The number of aliphatic hydroxyl groups excluding tert-OH is 1. The third-order valence-corrected chi connectivity index (χ3v) is 5.36. The molecule has 0 saturated carbocycles. The Labute approximate surface area is 195 Å². The number of pyridine rings is 1. The highest BCUT2D eigenvalue weighted by atomic mass is 19.1. The summed E-state index contributed by atoms with van der Waals surface area (Å²) in [6, 6.07) is 16.4. The first kappa shape index (κ1) is 21.7. The van der Waals surface area contributed by atoms with E-state index in [1.807, 2.05) is 43.3 Å². The van der Waals surface area contributed by atoms with E-state index in [0.717, 1.165) is 44.9 Å². The van der Waals surface area contributed by atoms with Crippen LogP contribution in [0.3, 0.4) is 0 Å². The lowest BCUT2D eigenvalue weighted by Gasteiger charge is -2.07. The minimum atomic E-state index is -0.473. The second-order valence-electron chi connectivity index (χ2n) is 7.84. The molecular formula is C26H22FN5O2. The average Bonchev–Trinajstić information content (AvgIpc) is 3.28. The van der Waals surface area contributed by atoms with Crippen molar-refractivity contribution >= 4 is 11.0 Å². The number of benzene rings is 2. The molecule has 7 nitrogen and oxygen atoms in total. The molecule has 0 spiro atoms. The largest absolute Gasteiger partial charge is 0.488 e. The van der Waals surface area contributed by atoms with E-state index in [2.05, 4.69) is 19.9 Å². The fourth-order valence-electron chi connectivity index (χ4n) is 3.81. The number of hydrogen-bond donors (Lipinski definition) is 2. The van der Waals surface area contributed by atoms with Crippen LogP contribution in [-0.4, -0.2) is 43.2 Å². The number of aliphatic hydroxyl groups is 1. The molecule has 0 atom stereocenters. The van der Waals surface area contributed by atoms with Gasteiger partial charge in [-0.2, -0.15) is 0 Å². The molecule has 2 aromatic carbocycles. The van der Waals surface area contributed by atoms with Crippen LogP contribution in [0.15, 0.2) is 67.0 Å². The summed E-state index contributed by atoms with van der Waals surface area (Å²) in [4.78, 5) is 21.7. The zero-order valence-electron chi connectivity index (χ0n) is 18.5. The molecule has 5 aromatic rings. The average molecular weight is 455 g/mol. The molecule has 3 heterocycles. The molecule has 0 unspecified atom stereocenters. The van der Waals surface area contributed by atoms with Gasteiger partial charge in [-0.3, -0.25) is 15.0 Å². The highest BCUT2D eigenvalue weighted by Crippen LogP contribution is 2.31. The van der Waals surface area contributed by atoms with Gasteiger partial charge >= 0.3 is 0 Å². The molecule has 0 saturated heterocycles. The van der Waals surface area contributed by atoms with Gasteiger partial charge in [-0.05, 0) is 48.9 Å². The second kappa shape index (κ2) is 9.36. The lowest BCUT2D eigenvalue weighted by atomic mass is 10.1. The number of hydrogen-bond acceptors (Lipinski definition) is 6. The third kappa shape index (κ3) is 4.49. The summed E-state index contributed by atoms with van der Waals surface area (Å²) in [5, 5.41) is 8.98. The normalized spacial score (nSPS) is 11.1. The van der Waals surface area contributed by atoms with Crippen molar-refractivity contribution in [2.24, 2.45) is 0 Å². The van der Waals surface area contributed by atoms with E-state index in [9.17, 15) is 4.39 Å². The van der Waals surface area contributed by atoms with Gasteiger partial charge in [0.25, 0.3) is 0 Å². The Balaban J connectivity index is 1.57. The number of aryl methyl sites for hydroxylation is 1. The van der Waals surface area contributed by atoms with E-state index >= 15 is 0 Å². The van der Waals surface area contributed by atoms with E-state index < -0.39 is 5.82 Å². The van der Waals surface area contributed by atoms with Crippen LogP contribution in [0.4, 0.5) is 4.39 Å². The molecule has 0 aliphatic heterocycles. The van der Waals surface area contributed by atoms with E-state index in [-0.39, 0.29) is 19.0 Å². The summed E-state index contributed by atoms with van der Waals surface area (Å²) in [7, 11) is 0. The summed E-state index contributed by atoms with van der Waals surface area (Å²) in [5.41, 5.74) is 6.51. The lowest BCUT2D eigenvalue weighted by Crippen LogP contribution is -2.04. The zero-order valence-corrected chi connectivity index (χ0v) is 18.5. The van der Waals surface area contributed by atoms with Crippen molar-refractivity contribution in [1.29, 1.82) is 0 Å². The first-order valence-electron chi connectivity index (χ1n) is 10.9. The van der Waals surface area contributed by atoms with Gasteiger partial charge in [-0.25, -0.2) is 9.37 Å². The summed E-state index contributed by atoms with van der Waals surface area (Å²) in [5.74, 6) is 0.332. The van der Waals surface area contributed by atoms with Gasteiger partial charge in [0.2, 0.25) is 0 Å². The molecule has 2 N–H and O–H groups in total. The number of nitrogens with one attached hydrogen (secondary N) is 1. The van der Waals surface area contributed by atoms with Crippen LogP contribution >= 0.6 is 0 Å². The lowest BCUT2D eigenvalue weighted by molar-refractivity contribution is 0.196. The fraction of sp³-hybridized carbons (Fsp3) is 0.154. The number of ether oxygens (including phenoxy) is 1. The van der Waals surface area contributed by atoms with Crippen molar-refractivity contribution in [2.45, 2.75) is 13.3 Å². The Kier molecular flexibility index (Phi) is 5.97. The minimum Gasteiger partial charge on any atom is -0.488 e. The first-order valence-corrected chi connectivity index (χ1v) is 10.9. The van der Waals surface area contributed by atoms with Crippen molar-refractivity contribution in [1.82, 2.24) is 24.9 Å². The van der Waals surface area contributed by atoms with Crippen molar-refractivity contribution in [3.63, 3.8) is 0 Å². The molecule has 0 amide bonds. The summed E-state index contributed by atoms with van der Waals surface area (Å²) < 4.78 is 19.4. The number of imidazole rings is 1. The monoisotopic (exact) mass is 455 g/mol. The molecule has 0 radical (unpaired) electrons. The molecule has 3 aromatic heterocycles. The van der Waals surface area contributed by atoms with Crippen LogP contribution in [-0.2, 0) is 6.42 Å². The number of aromatic nitrogens is 5. The maximum absolute atomic E-state index is 14.1. The zero-order chi connectivity index (χ0) is 23.5. The smallest absolute Gasteiger partial charge is 0.165 e. The third-order valence-electron chi connectivity index (χ3n) is 5.36. The maximum Gasteiger partial charge on any atom is 0.165 e. The van der Waals surface area contributed by atoms with E-state index in [4.69, 9.17) is 14.8 Å².